The van der Waals surface area contributed by atoms with Gasteiger partial charge in [-0.3, -0.25) is 18.7 Å². The van der Waals surface area contributed by atoms with Crippen LogP contribution in [0.3, 0.4) is 0 Å². The summed E-state index contributed by atoms with van der Waals surface area (Å²) in [5.41, 5.74) is 3.67. The van der Waals surface area contributed by atoms with Crippen molar-refractivity contribution in [3.05, 3.63) is 123 Å². The number of aromatic nitrogens is 4. The molecule has 0 spiro atoms. The molecule has 0 bridgehead atoms. The van der Waals surface area contributed by atoms with E-state index in [2.05, 4.69) is 39.0 Å². The number of nitrogens with zero attached hydrogens (tertiary/aromatic N) is 6. The van der Waals surface area contributed by atoms with E-state index in [1.807, 2.05) is 34.9 Å². The molecule has 1 aliphatic heterocycles. The number of hydrogen-bond acceptors (Lipinski definition) is 6. The van der Waals surface area contributed by atoms with E-state index in [1.54, 1.807) is 37.6 Å². The lowest BCUT2D eigenvalue weighted by Crippen LogP contribution is -2.46. The molecule has 0 saturated carbocycles. The van der Waals surface area contributed by atoms with Crippen molar-refractivity contribution in [3.8, 4) is 0 Å². The van der Waals surface area contributed by atoms with Gasteiger partial charge in [-0.2, -0.15) is 0 Å². The smallest absolute Gasteiger partial charge is 0.331 e. The minimum absolute atomic E-state index is 0.0882. The van der Waals surface area contributed by atoms with Gasteiger partial charge in [-0.25, -0.2) is 9.78 Å². The molecule has 0 aliphatic carbocycles. The Morgan fingerprint density at radius 2 is 1.45 bits per heavy atom. The van der Waals surface area contributed by atoms with Crippen LogP contribution in [-0.2, 0) is 20.6 Å². The second-order valence-corrected chi connectivity index (χ2v) is 10.1. The van der Waals surface area contributed by atoms with Crippen LogP contribution in [0, 0.1) is 0 Å². The number of hydrogen-bond donors (Lipinski definition) is 0. The third kappa shape index (κ3) is 4.59. The number of benzene rings is 2. The molecule has 9 heteroatoms. The number of carbonyl (C=O) groups excluding carboxylic acids is 1. The molecular formula is C31H30N6O3. The van der Waals surface area contributed by atoms with Gasteiger partial charge in [-0.1, -0.05) is 42.5 Å². The molecule has 3 aromatic heterocycles. The average Bonchev–Trinajstić information content (AvgIpc) is 3.43. The number of para-hydroxylation sites is 1. The van der Waals surface area contributed by atoms with E-state index in [9.17, 15) is 14.4 Å². The second kappa shape index (κ2) is 10.3. The molecule has 0 atom stereocenters. The van der Waals surface area contributed by atoms with Crippen LogP contribution in [-0.4, -0.2) is 50.6 Å². The third-order valence-corrected chi connectivity index (χ3v) is 7.69. The molecule has 2 aromatic carbocycles. The molecule has 0 radical (unpaired) electrons. The zero-order valence-corrected chi connectivity index (χ0v) is 22.5. The molecular weight excluding hydrogens is 504 g/mol. The number of carbonyl (C=O) groups is 1. The lowest BCUT2D eigenvalue weighted by atomic mass is 10.0. The van der Waals surface area contributed by atoms with Crippen molar-refractivity contribution >= 4 is 28.3 Å². The van der Waals surface area contributed by atoms with Gasteiger partial charge in [0.25, 0.3) is 5.56 Å². The monoisotopic (exact) mass is 534 g/mol. The fourth-order valence-corrected chi connectivity index (χ4v) is 5.33. The molecule has 6 rings (SSSR count). The van der Waals surface area contributed by atoms with Gasteiger partial charge in [0.2, 0.25) is 0 Å². The number of pyridine rings is 1. The number of rotatable bonds is 6. The maximum Gasteiger partial charge on any atom is 0.331 e. The van der Waals surface area contributed by atoms with Crippen molar-refractivity contribution in [3.63, 3.8) is 0 Å². The molecule has 1 aliphatic rings. The molecule has 1 fully saturated rings. The third-order valence-electron chi connectivity index (χ3n) is 7.69. The van der Waals surface area contributed by atoms with Gasteiger partial charge in [0.15, 0.2) is 5.78 Å². The Kier molecular flexibility index (Phi) is 6.55. The van der Waals surface area contributed by atoms with Gasteiger partial charge in [0.1, 0.15) is 11.3 Å². The summed E-state index contributed by atoms with van der Waals surface area (Å²) >= 11 is 0. The first kappa shape index (κ1) is 25.4. The van der Waals surface area contributed by atoms with E-state index in [-0.39, 0.29) is 17.0 Å². The Morgan fingerprint density at radius 1 is 0.775 bits per heavy atom. The highest BCUT2D eigenvalue weighted by Gasteiger charge is 2.19. The molecule has 0 amide bonds. The van der Waals surface area contributed by atoms with Crippen molar-refractivity contribution in [2.24, 2.45) is 14.1 Å². The lowest BCUT2D eigenvalue weighted by molar-refractivity contribution is 0.103. The Hall–Kier alpha value is -4.92. The normalized spacial score (nSPS) is 13.7. The van der Waals surface area contributed by atoms with Gasteiger partial charge in [-0.15, -0.1) is 0 Å². The predicted molar refractivity (Wildman–Crippen MR) is 157 cm³/mol. The van der Waals surface area contributed by atoms with E-state index in [0.29, 0.717) is 28.7 Å². The first-order valence-electron chi connectivity index (χ1n) is 13.3. The fourth-order valence-electron chi connectivity index (χ4n) is 5.33. The highest BCUT2D eigenvalue weighted by Crippen LogP contribution is 2.20. The lowest BCUT2D eigenvalue weighted by Gasteiger charge is -2.36. The van der Waals surface area contributed by atoms with Gasteiger partial charge >= 0.3 is 5.69 Å². The van der Waals surface area contributed by atoms with Crippen LogP contribution in [0.2, 0.25) is 0 Å². The topological polar surface area (TPSA) is 85.4 Å². The van der Waals surface area contributed by atoms with Crippen LogP contribution < -0.4 is 21.0 Å². The molecule has 0 unspecified atom stereocenters. The highest BCUT2D eigenvalue weighted by atomic mass is 16.2. The summed E-state index contributed by atoms with van der Waals surface area (Å²) in [7, 11) is 3.14. The van der Waals surface area contributed by atoms with Crippen LogP contribution in [0.5, 0.6) is 0 Å². The number of ketones is 1. The molecule has 0 N–H and O–H groups in total. The molecule has 40 heavy (non-hydrogen) atoms. The summed E-state index contributed by atoms with van der Waals surface area (Å²) in [6.45, 7) is 4.03. The zero-order chi connectivity index (χ0) is 27.8. The summed E-state index contributed by atoms with van der Waals surface area (Å²) in [6.07, 6.45) is 3.46. The Morgan fingerprint density at radius 3 is 2.12 bits per heavy atom. The SMILES string of the molecule is Cn1c(=O)c2c(ccn2Cc2ccc(C(=O)c3ccc(N4CCN(c5ccccc5)CC4)nc3)cc2)n(C)c1=O. The maximum atomic E-state index is 13.1. The van der Waals surface area contributed by atoms with Gasteiger partial charge < -0.3 is 14.4 Å². The van der Waals surface area contributed by atoms with Crippen molar-refractivity contribution in [2.75, 3.05) is 36.0 Å². The Balaban J connectivity index is 1.12. The fraction of sp³-hybridized carbons (Fsp3) is 0.226. The number of piperazine rings is 1. The molecule has 5 aromatic rings. The minimum atomic E-state index is -0.355. The van der Waals surface area contributed by atoms with Gasteiger partial charge in [0.05, 0.1) is 5.52 Å². The summed E-state index contributed by atoms with van der Waals surface area (Å²) < 4.78 is 4.42. The zero-order valence-electron chi connectivity index (χ0n) is 22.5. The minimum Gasteiger partial charge on any atom is -0.368 e. The molecule has 4 heterocycles. The van der Waals surface area contributed by atoms with Crippen molar-refractivity contribution in [1.82, 2.24) is 18.7 Å². The number of fused-ring (bicyclic) bond motifs is 1. The quantitative estimate of drug-likeness (QED) is 0.312. The summed E-state index contributed by atoms with van der Waals surface area (Å²) in [5, 5.41) is 0. The Bertz CT molecular complexity index is 1790. The van der Waals surface area contributed by atoms with E-state index in [4.69, 9.17) is 0 Å². The highest BCUT2D eigenvalue weighted by molar-refractivity contribution is 6.08. The van der Waals surface area contributed by atoms with Gasteiger partial charge in [0, 0.05) is 76.0 Å². The number of aryl methyl sites for hydroxylation is 1. The summed E-state index contributed by atoms with van der Waals surface area (Å²) in [4.78, 5) is 47.3. The number of anilines is 2. The van der Waals surface area contributed by atoms with Crippen molar-refractivity contribution < 1.29 is 4.79 Å². The summed E-state index contributed by atoms with van der Waals surface area (Å²) in [5.74, 6) is 0.789. The Labute approximate surface area is 231 Å². The predicted octanol–water partition coefficient (Wildman–Crippen LogP) is 3.04. The first-order chi connectivity index (χ1) is 19.4. The van der Waals surface area contributed by atoms with E-state index < -0.39 is 0 Å². The van der Waals surface area contributed by atoms with E-state index in [1.165, 1.54) is 17.3 Å². The van der Waals surface area contributed by atoms with Crippen LogP contribution in [0.25, 0.3) is 11.0 Å². The van der Waals surface area contributed by atoms with Crippen molar-refractivity contribution in [2.45, 2.75) is 6.54 Å². The van der Waals surface area contributed by atoms with E-state index in [0.717, 1.165) is 42.1 Å². The van der Waals surface area contributed by atoms with Crippen LogP contribution in [0.1, 0.15) is 21.5 Å². The molecule has 1 saturated heterocycles. The standard InChI is InChI=1S/C31H30N6O3/c1-33-26-14-15-37(28(26)30(39)34(2)31(33)40)21-22-8-10-23(11-9-22)29(38)24-12-13-27(32-20-24)36-18-16-35(17-19-36)25-6-4-3-5-7-25/h3-15,20H,16-19,21H2,1-2H3. The van der Waals surface area contributed by atoms with E-state index >= 15 is 0 Å². The largest absolute Gasteiger partial charge is 0.368 e. The molecule has 202 valence electrons. The van der Waals surface area contributed by atoms with Crippen LogP contribution in [0.4, 0.5) is 11.5 Å². The molecule has 9 nitrogen and oxygen atoms in total. The maximum absolute atomic E-state index is 13.1. The van der Waals surface area contributed by atoms with Crippen LogP contribution in [0.15, 0.2) is 94.8 Å². The van der Waals surface area contributed by atoms with Crippen molar-refractivity contribution in [1.29, 1.82) is 0 Å². The summed E-state index contributed by atoms with van der Waals surface area (Å²) in [6, 6.07) is 23.3. The van der Waals surface area contributed by atoms with Gasteiger partial charge in [-0.05, 0) is 35.9 Å². The first-order valence-corrected chi connectivity index (χ1v) is 13.3. The van der Waals surface area contributed by atoms with Crippen LogP contribution >= 0.6 is 0 Å². The average molecular weight is 535 g/mol. The second-order valence-electron chi connectivity index (χ2n) is 10.1.